The van der Waals surface area contributed by atoms with Crippen molar-refractivity contribution in [1.29, 1.82) is 0 Å². The Kier molecular flexibility index (Phi) is 7.54. The van der Waals surface area contributed by atoms with E-state index in [1.165, 1.54) is 86.3 Å². The molecule has 0 amide bonds. The molecule has 2 heterocycles. The van der Waals surface area contributed by atoms with Gasteiger partial charge >= 0.3 is 0 Å². The topological polar surface area (TPSA) is 3.24 Å². The minimum Gasteiger partial charge on any atom is -0.311 e. The van der Waals surface area contributed by atoms with Gasteiger partial charge < -0.3 is 4.90 Å². The van der Waals surface area contributed by atoms with E-state index in [-0.39, 0.29) is 0 Å². The molecule has 3 aliphatic rings. The van der Waals surface area contributed by atoms with E-state index < -0.39 is 10.8 Å². The maximum atomic E-state index is 2.58. The first-order valence-corrected chi connectivity index (χ1v) is 22.6. The molecule has 286 valence electrons. The highest BCUT2D eigenvalue weighted by Crippen LogP contribution is 2.71. The van der Waals surface area contributed by atoms with E-state index in [1.807, 2.05) is 22.7 Å². The summed E-state index contributed by atoms with van der Waals surface area (Å²) in [6, 6.07) is 83.6. The number of thiophene rings is 2. The molecule has 0 atom stereocenters. The van der Waals surface area contributed by atoms with Crippen molar-refractivity contribution in [2.45, 2.75) is 10.8 Å². The Hall–Kier alpha value is -7.04. The molecule has 0 bridgehead atoms. The number of anilines is 3. The van der Waals surface area contributed by atoms with E-state index in [9.17, 15) is 0 Å². The second-order valence-corrected chi connectivity index (χ2v) is 18.4. The van der Waals surface area contributed by atoms with Gasteiger partial charge in [-0.15, -0.1) is 22.7 Å². The summed E-state index contributed by atoms with van der Waals surface area (Å²) in [7, 11) is 0. The summed E-state index contributed by atoms with van der Waals surface area (Å²) < 4.78 is 0. The average molecular weight is 812 g/mol. The maximum absolute atomic E-state index is 2.58. The fourth-order valence-corrected chi connectivity index (χ4v) is 13.9. The lowest BCUT2D eigenvalue weighted by Crippen LogP contribution is -2.41. The Morgan fingerprint density at radius 3 is 0.984 bits per heavy atom. The molecule has 0 unspecified atom stereocenters. The van der Waals surface area contributed by atoms with Crippen LogP contribution in [0.2, 0.25) is 0 Å². The third-order valence-electron chi connectivity index (χ3n) is 13.4. The van der Waals surface area contributed by atoms with Crippen molar-refractivity contribution in [3.05, 3.63) is 268 Å². The molecule has 0 saturated heterocycles. The van der Waals surface area contributed by atoms with Gasteiger partial charge in [-0.25, -0.2) is 0 Å². The minimum absolute atomic E-state index is 0.501. The van der Waals surface area contributed by atoms with Gasteiger partial charge in [0.05, 0.1) is 10.8 Å². The van der Waals surface area contributed by atoms with Crippen molar-refractivity contribution in [2.24, 2.45) is 0 Å². The lowest BCUT2D eigenvalue weighted by Gasteiger charge is -2.45. The van der Waals surface area contributed by atoms with Gasteiger partial charge in [0, 0.05) is 36.6 Å². The summed E-state index contributed by atoms with van der Waals surface area (Å²) in [4.78, 5) is 7.76. The Labute approximate surface area is 364 Å². The maximum Gasteiger partial charge on any atom is 0.0821 e. The molecular weight excluding hydrogens is 775 g/mol. The highest BCUT2D eigenvalue weighted by Gasteiger charge is 2.61. The number of hydrogen-bond donors (Lipinski definition) is 0. The number of fused-ring (bicyclic) bond motifs is 16. The predicted octanol–water partition coefficient (Wildman–Crippen LogP) is 15.7. The molecule has 1 nitrogen and oxygen atoms in total. The number of hydrogen-bond acceptors (Lipinski definition) is 3. The number of rotatable bonds is 5. The van der Waals surface area contributed by atoms with Crippen LogP contribution in [0.4, 0.5) is 17.1 Å². The third-order valence-corrected chi connectivity index (χ3v) is 16.0. The van der Waals surface area contributed by atoms with E-state index in [2.05, 4.69) is 229 Å². The van der Waals surface area contributed by atoms with Crippen molar-refractivity contribution < 1.29 is 0 Å². The molecule has 0 aliphatic heterocycles. The zero-order chi connectivity index (χ0) is 40.1. The van der Waals surface area contributed by atoms with Gasteiger partial charge in [-0.05, 0) is 115 Å². The normalized spacial score (nSPS) is 14.2. The van der Waals surface area contributed by atoms with Crippen molar-refractivity contribution in [3.63, 3.8) is 0 Å². The SMILES string of the molecule is c1ccc(-c2cc3c(s2)C2(c4ccccc4-c4ccccc42)c2cc(-c4ccc(N(c5ccccc5)c5ccccc5)cc4)sc2C32c3ccccc3-c3ccccc32)cc1. The Morgan fingerprint density at radius 1 is 0.279 bits per heavy atom. The van der Waals surface area contributed by atoms with E-state index in [1.54, 1.807) is 0 Å². The molecule has 2 aromatic heterocycles. The third kappa shape index (κ3) is 4.71. The lowest BCUT2D eigenvalue weighted by molar-refractivity contribution is 0.662. The molecule has 0 fully saturated rings. The quantitative estimate of drug-likeness (QED) is 0.167. The first kappa shape index (κ1) is 34.8. The summed E-state index contributed by atoms with van der Waals surface area (Å²) in [6.45, 7) is 0. The zero-order valence-electron chi connectivity index (χ0n) is 33.1. The van der Waals surface area contributed by atoms with Crippen LogP contribution in [0.5, 0.6) is 0 Å². The van der Waals surface area contributed by atoms with Crippen LogP contribution in [0.25, 0.3) is 43.1 Å². The first-order chi connectivity index (χ1) is 30.3. The Balaban J connectivity index is 1.11. The molecular formula is C58H37NS2. The highest BCUT2D eigenvalue weighted by molar-refractivity contribution is 7.17. The molecule has 2 spiro atoms. The molecule has 8 aromatic carbocycles. The molecule has 3 aliphatic carbocycles. The second-order valence-electron chi connectivity index (χ2n) is 16.3. The van der Waals surface area contributed by atoms with Gasteiger partial charge in [0.1, 0.15) is 0 Å². The van der Waals surface area contributed by atoms with E-state index in [0.29, 0.717) is 0 Å². The van der Waals surface area contributed by atoms with Gasteiger partial charge in [-0.3, -0.25) is 0 Å². The van der Waals surface area contributed by atoms with E-state index in [4.69, 9.17) is 0 Å². The van der Waals surface area contributed by atoms with Crippen LogP contribution >= 0.6 is 22.7 Å². The van der Waals surface area contributed by atoms with Gasteiger partial charge in [0.25, 0.3) is 0 Å². The second kappa shape index (κ2) is 13.2. The fraction of sp³-hybridized carbons (Fsp3) is 0.0345. The molecule has 13 rings (SSSR count). The number of nitrogens with zero attached hydrogens (tertiary/aromatic N) is 1. The first-order valence-electron chi connectivity index (χ1n) is 21.0. The Morgan fingerprint density at radius 2 is 0.590 bits per heavy atom. The van der Waals surface area contributed by atoms with Crippen LogP contribution in [0, 0.1) is 0 Å². The summed E-state index contributed by atoms with van der Waals surface area (Å²) >= 11 is 3.98. The summed E-state index contributed by atoms with van der Waals surface area (Å²) in [5.74, 6) is 0. The van der Waals surface area contributed by atoms with E-state index >= 15 is 0 Å². The zero-order valence-corrected chi connectivity index (χ0v) is 34.8. The van der Waals surface area contributed by atoms with Gasteiger partial charge in [-0.2, -0.15) is 0 Å². The van der Waals surface area contributed by atoms with Crippen molar-refractivity contribution >= 4 is 39.7 Å². The summed E-state index contributed by atoms with van der Waals surface area (Å²) in [5.41, 5.74) is 18.5. The molecule has 10 aromatic rings. The van der Waals surface area contributed by atoms with Crippen molar-refractivity contribution in [2.75, 3.05) is 4.90 Å². The van der Waals surface area contributed by atoms with E-state index in [0.717, 1.165) is 17.1 Å². The van der Waals surface area contributed by atoms with Crippen LogP contribution in [0.1, 0.15) is 43.1 Å². The predicted molar refractivity (Wildman–Crippen MR) is 256 cm³/mol. The van der Waals surface area contributed by atoms with Gasteiger partial charge in [0.2, 0.25) is 0 Å². The van der Waals surface area contributed by atoms with Gasteiger partial charge in [0.15, 0.2) is 0 Å². The molecule has 0 saturated carbocycles. The minimum atomic E-state index is -0.501. The summed E-state index contributed by atoms with van der Waals surface area (Å²) in [6.07, 6.45) is 0. The van der Waals surface area contributed by atoms with Crippen LogP contribution in [0.15, 0.2) is 224 Å². The molecule has 3 heteroatoms. The monoisotopic (exact) mass is 811 g/mol. The standard InChI is InChI=1S/C58H37NS2/c1-4-18-38(19-5-1)53-36-51-55(60-53)58(49-30-16-12-26-45(49)46-27-13-17-31-50(46)58)52-37-54(61-56(52)57(51)47-28-14-10-24-43(47)44-25-11-15-29-48(44)57)39-32-34-42(35-33-39)59(40-20-6-2-7-21-40)41-22-8-3-9-23-41/h1-37H. The summed E-state index contributed by atoms with van der Waals surface area (Å²) in [5, 5.41) is 0. The fourth-order valence-electron chi connectivity index (χ4n) is 10.9. The van der Waals surface area contributed by atoms with Crippen molar-refractivity contribution in [1.82, 2.24) is 0 Å². The average Bonchev–Trinajstić information content (AvgIpc) is 4.11. The van der Waals surface area contributed by atoms with Gasteiger partial charge in [-0.1, -0.05) is 176 Å². The molecule has 61 heavy (non-hydrogen) atoms. The molecule has 0 N–H and O–H groups in total. The number of benzene rings is 8. The van der Waals surface area contributed by atoms with Crippen LogP contribution < -0.4 is 4.90 Å². The van der Waals surface area contributed by atoms with Crippen LogP contribution in [0.3, 0.4) is 0 Å². The van der Waals surface area contributed by atoms with Crippen LogP contribution in [-0.2, 0) is 10.8 Å². The Bertz CT molecular complexity index is 3030. The smallest absolute Gasteiger partial charge is 0.0821 e. The number of para-hydroxylation sites is 2. The van der Waals surface area contributed by atoms with Crippen molar-refractivity contribution in [3.8, 4) is 43.1 Å². The highest BCUT2D eigenvalue weighted by atomic mass is 32.1. The van der Waals surface area contributed by atoms with Crippen LogP contribution in [-0.4, -0.2) is 0 Å². The largest absolute Gasteiger partial charge is 0.311 e. The molecule has 0 radical (unpaired) electrons. The lowest BCUT2D eigenvalue weighted by atomic mass is 9.58.